The largest absolute Gasteiger partial charge is 0.497 e. The third-order valence-corrected chi connectivity index (χ3v) is 3.06. The van der Waals surface area contributed by atoms with E-state index in [2.05, 4.69) is 36.0 Å². The highest BCUT2D eigenvalue weighted by Crippen LogP contribution is 2.26. The molecule has 0 atom stereocenters. The number of methoxy groups -OCH3 is 1. The number of benzene rings is 1. The van der Waals surface area contributed by atoms with Crippen molar-refractivity contribution in [3.63, 3.8) is 0 Å². The molecule has 1 aliphatic rings. The smallest absolute Gasteiger partial charge is 0.119 e. The predicted octanol–water partition coefficient (Wildman–Crippen LogP) is 1.57. The topological polar surface area (TPSA) is 15.7 Å². The summed E-state index contributed by atoms with van der Waals surface area (Å²) in [7, 11) is 5.96. The average Bonchev–Trinajstić information content (AvgIpc) is 2.67. The van der Waals surface area contributed by atoms with Gasteiger partial charge in [0.25, 0.3) is 0 Å². The molecule has 1 heterocycles. The van der Waals surface area contributed by atoms with Gasteiger partial charge in [0, 0.05) is 26.2 Å². The van der Waals surface area contributed by atoms with Crippen LogP contribution in [0.4, 0.5) is 0 Å². The quantitative estimate of drug-likeness (QED) is 0.766. The molecule has 0 bridgehead atoms. The molecule has 0 spiro atoms. The molecule has 3 heteroatoms. The normalized spacial score (nSPS) is 15.5. The fourth-order valence-corrected chi connectivity index (χ4v) is 2.07. The van der Waals surface area contributed by atoms with Gasteiger partial charge >= 0.3 is 0 Å². The zero-order valence-electron chi connectivity index (χ0n) is 10.4. The van der Waals surface area contributed by atoms with Gasteiger partial charge in [-0.15, -0.1) is 0 Å². The summed E-state index contributed by atoms with van der Waals surface area (Å²) in [5.41, 5.74) is 2.86. The fourth-order valence-electron chi connectivity index (χ4n) is 2.07. The molecule has 88 valence electrons. The number of fused-ring (bicyclic) bond motifs is 1. The first-order valence-electron chi connectivity index (χ1n) is 5.72. The Morgan fingerprint density at radius 2 is 2.00 bits per heavy atom. The van der Waals surface area contributed by atoms with E-state index in [1.54, 1.807) is 7.11 Å². The number of likely N-dealkylation sites (N-methyl/N-ethyl adjacent to an activating group) is 1. The van der Waals surface area contributed by atoms with Gasteiger partial charge in [-0.25, -0.2) is 0 Å². The van der Waals surface area contributed by atoms with Crippen molar-refractivity contribution in [2.45, 2.75) is 13.1 Å². The highest BCUT2D eigenvalue weighted by Gasteiger charge is 2.18. The van der Waals surface area contributed by atoms with Crippen molar-refractivity contribution in [3.05, 3.63) is 29.3 Å². The van der Waals surface area contributed by atoms with Gasteiger partial charge in [0.2, 0.25) is 0 Å². The molecule has 0 saturated carbocycles. The van der Waals surface area contributed by atoms with Crippen LogP contribution < -0.4 is 4.74 Å². The summed E-state index contributed by atoms with van der Waals surface area (Å²) < 4.78 is 5.25. The molecule has 1 aliphatic heterocycles. The monoisotopic (exact) mass is 220 g/mol. The number of ether oxygens (including phenoxy) is 1. The summed E-state index contributed by atoms with van der Waals surface area (Å²) in [5, 5.41) is 0. The molecule has 0 fully saturated rings. The molecule has 0 N–H and O–H groups in total. The van der Waals surface area contributed by atoms with E-state index in [9.17, 15) is 0 Å². The maximum Gasteiger partial charge on any atom is 0.119 e. The second-order valence-electron chi connectivity index (χ2n) is 4.65. The van der Waals surface area contributed by atoms with Crippen LogP contribution in [0.5, 0.6) is 5.75 Å². The van der Waals surface area contributed by atoms with Crippen LogP contribution >= 0.6 is 0 Å². The molecule has 1 aromatic carbocycles. The SMILES string of the molecule is COc1ccc2c(c1)CN(CCN(C)C)C2. The zero-order valence-corrected chi connectivity index (χ0v) is 10.4. The molecule has 0 amide bonds. The Kier molecular flexibility index (Phi) is 3.46. The van der Waals surface area contributed by atoms with Crippen LogP contribution in [0, 0.1) is 0 Å². The first-order valence-corrected chi connectivity index (χ1v) is 5.72. The van der Waals surface area contributed by atoms with Gasteiger partial charge in [-0.05, 0) is 37.4 Å². The second kappa shape index (κ2) is 4.85. The van der Waals surface area contributed by atoms with E-state index in [0.29, 0.717) is 0 Å². The Balaban J connectivity index is 1.98. The van der Waals surface area contributed by atoms with Crippen LogP contribution in [0.25, 0.3) is 0 Å². The van der Waals surface area contributed by atoms with Gasteiger partial charge in [0.15, 0.2) is 0 Å². The zero-order chi connectivity index (χ0) is 11.5. The van der Waals surface area contributed by atoms with E-state index in [4.69, 9.17) is 4.74 Å². The summed E-state index contributed by atoms with van der Waals surface area (Å²) >= 11 is 0. The molecule has 0 aromatic heterocycles. The van der Waals surface area contributed by atoms with E-state index < -0.39 is 0 Å². The predicted molar refractivity (Wildman–Crippen MR) is 65.7 cm³/mol. The van der Waals surface area contributed by atoms with Crippen LogP contribution in [-0.2, 0) is 13.1 Å². The van der Waals surface area contributed by atoms with Crippen LogP contribution in [0.2, 0.25) is 0 Å². The summed E-state index contributed by atoms with van der Waals surface area (Å²) in [5.74, 6) is 0.966. The molecule has 0 saturated heterocycles. The molecule has 0 unspecified atom stereocenters. The van der Waals surface area contributed by atoms with Crippen LogP contribution in [0.3, 0.4) is 0 Å². The van der Waals surface area contributed by atoms with Crippen LogP contribution in [0.15, 0.2) is 18.2 Å². The lowest BCUT2D eigenvalue weighted by Crippen LogP contribution is -2.27. The number of nitrogens with zero attached hydrogens (tertiary/aromatic N) is 2. The highest BCUT2D eigenvalue weighted by atomic mass is 16.5. The maximum absolute atomic E-state index is 5.25. The van der Waals surface area contributed by atoms with Gasteiger partial charge in [-0.3, -0.25) is 4.90 Å². The summed E-state index contributed by atoms with van der Waals surface area (Å²) in [4.78, 5) is 4.70. The second-order valence-corrected chi connectivity index (χ2v) is 4.65. The molecule has 0 aliphatic carbocycles. The molecule has 1 aromatic rings. The summed E-state index contributed by atoms with van der Waals surface area (Å²) in [6.45, 7) is 4.38. The fraction of sp³-hybridized carbons (Fsp3) is 0.538. The lowest BCUT2D eigenvalue weighted by Gasteiger charge is -2.17. The van der Waals surface area contributed by atoms with E-state index in [0.717, 1.165) is 31.9 Å². The number of hydrogen-bond acceptors (Lipinski definition) is 3. The molecule has 3 nitrogen and oxygen atoms in total. The minimum atomic E-state index is 0.966. The third kappa shape index (κ3) is 2.54. The Labute approximate surface area is 97.6 Å². The molecular weight excluding hydrogens is 200 g/mol. The van der Waals surface area contributed by atoms with E-state index in [-0.39, 0.29) is 0 Å². The summed E-state index contributed by atoms with van der Waals surface area (Å²) in [6, 6.07) is 6.39. The molecular formula is C13H20N2O. The first-order chi connectivity index (χ1) is 7.69. The van der Waals surface area contributed by atoms with Crippen molar-refractivity contribution in [1.82, 2.24) is 9.80 Å². The van der Waals surface area contributed by atoms with E-state index in [1.165, 1.54) is 11.1 Å². The van der Waals surface area contributed by atoms with Gasteiger partial charge in [0.05, 0.1) is 7.11 Å². The first kappa shape index (κ1) is 11.4. The van der Waals surface area contributed by atoms with E-state index >= 15 is 0 Å². The minimum absolute atomic E-state index is 0.966. The van der Waals surface area contributed by atoms with Crippen molar-refractivity contribution in [1.29, 1.82) is 0 Å². The van der Waals surface area contributed by atoms with Crippen molar-refractivity contribution < 1.29 is 4.74 Å². The minimum Gasteiger partial charge on any atom is -0.497 e. The standard InChI is InChI=1S/C13H20N2O/c1-14(2)6-7-15-9-11-4-5-13(16-3)8-12(11)10-15/h4-5,8H,6-7,9-10H2,1-3H3. The van der Waals surface area contributed by atoms with Gasteiger partial charge in [0.1, 0.15) is 5.75 Å². The van der Waals surface area contributed by atoms with Gasteiger partial charge in [-0.1, -0.05) is 6.07 Å². The Bertz CT molecular complexity index is 363. The van der Waals surface area contributed by atoms with Crippen LogP contribution in [-0.4, -0.2) is 44.1 Å². The molecule has 0 radical (unpaired) electrons. The van der Waals surface area contributed by atoms with Gasteiger partial charge in [-0.2, -0.15) is 0 Å². The van der Waals surface area contributed by atoms with Crippen molar-refractivity contribution in [3.8, 4) is 5.75 Å². The van der Waals surface area contributed by atoms with E-state index in [1.807, 2.05) is 6.07 Å². The number of rotatable bonds is 4. The Morgan fingerprint density at radius 1 is 1.25 bits per heavy atom. The van der Waals surface area contributed by atoms with Crippen molar-refractivity contribution in [2.24, 2.45) is 0 Å². The molecule has 16 heavy (non-hydrogen) atoms. The molecule has 2 rings (SSSR count). The Hall–Kier alpha value is -1.06. The third-order valence-electron chi connectivity index (χ3n) is 3.06. The Morgan fingerprint density at radius 3 is 2.69 bits per heavy atom. The summed E-state index contributed by atoms with van der Waals surface area (Å²) in [6.07, 6.45) is 0. The lowest BCUT2D eigenvalue weighted by molar-refractivity contribution is 0.246. The van der Waals surface area contributed by atoms with Crippen molar-refractivity contribution >= 4 is 0 Å². The van der Waals surface area contributed by atoms with Crippen LogP contribution in [0.1, 0.15) is 11.1 Å². The lowest BCUT2D eigenvalue weighted by atomic mass is 10.1. The van der Waals surface area contributed by atoms with Crippen molar-refractivity contribution in [2.75, 3.05) is 34.3 Å². The van der Waals surface area contributed by atoms with Gasteiger partial charge < -0.3 is 9.64 Å². The average molecular weight is 220 g/mol. The number of hydrogen-bond donors (Lipinski definition) is 0. The maximum atomic E-state index is 5.25. The highest BCUT2D eigenvalue weighted by molar-refractivity contribution is 5.37.